The molecule has 0 spiro atoms. The fraction of sp³-hybridized carbons (Fsp3) is 0.300. The van der Waals surface area contributed by atoms with Crippen molar-refractivity contribution in [1.82, 2.24) is 9.21 Å². The van der Waals surface area contributed by atoms with Crippen molar-refractivity contribution in [3.05, 3.63) is 65.0 Å². The van der Waals surface area contributed by atoms with Crippen LogP contribution in [-0.4, -0.2) is 42.5 Å². The van der Waals surface area contributed by atoms with E-state index in [9.17, 15) is 22.4 Å². The van der Waals surface area contributed by atoms with Crippen LogP contribution in [0.4, 0.5) is 4.39 Å². The number of nitrogens with zero attached hydrogens (tertiary/aromatic N) is 2. The first-order valence-corrected chi connectivity index (χ1v) is 10.2. The van der Waals surface area contributed by atoms with Gasteiger partial charge in [-0.2, -0.15) is 0 Å². The lowest BCUT2D eigenvalue weighted by molar-refractivity contribution is 0.0741. The number of carbonyl (C=O) groups excluding carboxylic acids is 2. The van der Waals surface area contributed by atoms with Gasteiger partial charge < -0.3 is 4.90 Å². The summed E-state index contributed by atoms with van der Waals surface area (Å²) in [6, 6.07) is 9.02. The van der Waals surface area contributed by atoms with Gasteiger partial charge in [-0.15, -0.1) is 0 Å². The molecule has 2 aromatic carbocycles. The zero-order valence-corrected chi connectivity index (χ0v) is 16.8. The van der Waals surface area contributed by atoms with Crippen LogP contribution in [0.5, 0.6) is 0 Å². The zero-order valence-electron chi connectivity index (χ0n) is 16.0. The van der Waals surface area contributed by atoms with E-state index in [1.54, 1.807) is 40.0 Å². The van der Waals surface area contributed by atoms with Crippen LogP contribution >= 0.6 is 0 Å². The quantitative estimate of drug-likeness (QED) is 0.784. The Bertz CT molecular complexity index is 1050. The van der Waals surface area contributed by atoms with Crippen LogP contribution in [0.15, 0.2) is 47.4 Å². The average molecular weight is 404 g/mol. The van der Waals surface area contributed by atoms with Gasteiger partial charge in [0.1, 0.15) is 10.7 Å². The number of fused-ring (bicyclic) bond motifs is 1. The molecule has 3 rings (SSSR count). The van der Waals surface area contributed by atoms with Gasteiger partial charge in [-0.05, 0) is 56.7 Å². The van der Waals surface area contributed by atoms with E-state index in [0.29, 0.717) is 0 Å². The molecule has 148 valence electrons. The van der Waals surface area contributed by atoms with E-state index in [-0.39, 0.29) is 27.9 Å². The maximum Gasteiger partial charge on any atom is 0.269 e. The van der Waals surface area contributed by atoms with E-state index in [1.807, 2.05) is 0 Å². The van der Waals surface area contributed by atoms with E-state index in [1.165, 1.54) is 35.2 Å². The van der Waals surface area contributed by atoms with Crippen LogP contribution in [0, 0.1) is 5.82 Å². The van der Waals surface area contributed by atoms with Gasteiger partial charge in [0.15, 0.2) is 0 Å². The first-order chi connectivity index (χ1) is 13.1. The van der Waals surface area contributed by atoms with Gasteiger partial charge in [-0.1, -0.05) is 12.1 Å². The summed E-state index contributed by atoms with van der Waals surface area (Å²) >= 11 is 0. The van der Waals surface area contributed by atoms with E-state index in [4.69, 9.17) is 0 Å². The molecule has 0 saturated heterocycles. The Morgan fingerprint density at radius 1 is 1.07 bits per heavy atom. The maximum atomic E-state index is 13.1. The summed E-state index contributed by atoms with van der Waals surface area (Å²) in [5.74, 6) is -1.35. The van der Waals surface area contributed by atoms with Crippen LogP contribution in [-0.2, 0) is 10.0 Å². The average Bonchev–Trinajstić information content (AvgIpc) is 2.85. The second kappa shape index (κ2) is 7.01. The van der Waals surface area contributed by atoms with Crippen molar-refractivity contribution in [3.63, 3.8) is 0 Å². The number of benzene rings is 2. The van der Waals surface area contributed by atoms with Crippen molar-refractivity contribution in [2.45, 2.75) is 37.8 Å². The standard InChI is InChI=1S/C20H21FN2O4S/c1-12(2)23-20(25)17-10-7-15(11-18(17)28(23,26)27)19(24)22(4)13(3)14-5-8-16(21)9-6-14/h5-13H,1-4H3/t13-/m1/s1. The van der Waals surface area contributed by atoms with Crippen molar-refractivity contribution in [3.8, 4) is 0 Å². The van der Waals surface area contributed by atoms with Gasteiger partial charge in [0.25, 0.3) is 21.8 Å². The molecule has 0 saturated carbocycles. The molecule has 6 nitrogen and oxygen atoms in total. The number of hydrogen-bond donors (Lipinski definition) is 0. The number of carbonyl (C=O) groups is 2. The molecule has 28 heavy (non-hydrogen) atoms. The molecule has 0 bridgehead atoms. The highest BCUT2D eigenvalue weighted by Crippen LogP contribution is 2.33. The Hall–Kier alpha value is -2.74. The Labute approximate surface area is 163 Å². The highest BCUT2D eigenvalue weighted by atomic mass is 32.2. The normalized spacial score (nSPS) is 16.2. The summed E-state index contributed by atoms with van der Waals surface area (Å²) in [5, 5.41) is 0. The molecule has 0 radical (unpaired) electrons. The number of sulfonamides is 1. The lowest BCUT2D eigenvalue weighted by Gasteiger charge is -2.25. The first-order valence-electron chi connectivity index (χ1n) is 8.81. The molecule has 1 atom stereocenters. The van der Waals surface area contributed by atoms with Gasteiger partial charge in [0.2, 0.25) is 0 Å². The highest BCUT2D eigenvalue weighted by molar-refractivity contribution is 7.90. The van der Waals surface area contributed by atoms with Gasteiger partial charge in [0.05, 0.1) is 11.6 Å². The summed E-state index contributed by atoms with van der Waals surface area (Å²) in [6.07, 6.45) is 0. The smallest absolute Gasteiger partial charge is 0.269 e. The largest absolute Gasteiger partial charge is 0.335 e. The summed E-state index contributed by atoms with van der Waals surface area (Å²) < 4.78 is 39.4. The van der Waals surface area contributed by atoms with Crippen LogP contribution in [0.1, 0.15) is 53.1 Å². The topological polar surface area (TPSA) is 74.8 Å². The van der Waals surface area contributed by atoms with Crippen molar-refractivity contribution in [2.75, 3.05) is 7.05 Å². The minimum absolute atomic E-state index is 0.0690. The minimum Gasteiger partial charge on any atom is -0.335 e. The molecular formula is C20H21FN2O4S. The Morgan fingerprint density at radius 3 is 2.25 bits per heavy atom. The van der Waals surface area contributed by atoms with E-state index in [2.05, 4.69) is 0 Å². The monoisotopic (exact) mass is 404 g/mol. The Morgan fingerprint density at radius 2 is 1.68 bits per heavy atom. The Balaban J connectivity index is 1.94. The summed E-state index contributed by atoms with van der Waals surface area (Å²) in [7, 11) is -2.40. The lowest BCUT2D eigenvalue weighted by atomic mass is 10.1. The minimum atomic E-state index is -3.98. The van der Waals surface area contributed by atoms with Crippen molar-refractivity contribution in [1.29, 1.82) is 0 Å². The molecule has 0 N–H and O–H groups in total. The van der Waals surface area contributed by atoms with Crippen LogP contribution < -0.4 is 0 Å². The van der Waals surface area contributed by atoms with E-state index < -0.39 is 27.9 Å². The number of hydrogen-bond acceptors (Lipinski definition) is 4. The molecule has 2 amide bonds. The van der Waals surface area contributed by atoms with Crippen molar-refractivity contribution in [2.24, 2.45) is 0 Å². The summed E-state index contributed by atoms with van der Waals surface area (Å²) in [5.41, 5.74) is 0.976. The van der Waals surface area contributed by atoms with Crippen molar-refractivity contribution < 1.29 is 22.4 Å². The van der Waals surface area contributed by atoms with Gasteiger partial charge in [0, 0.05) is 18.7 Å². The third-order valence-corrected chi connectivity index (χ3v) is 6.92. The van der Waals surface area contributed by atoms with Gasteiger partial charge >= 0.3 is 0 Å². The molecule has 0 aliphatic carbocycles. The molecule has 1 aliphatic heterocycles. The number of rotatable bonds is 4. The molecule has 8 heteroatoms. The third kappa shape index (κ3) is 3.17. The fourth-order valence-corrected chi connectivity index (χ4v) is 5.03. The van der Waals surface area contributed by atoms with Gasteiger partial charge in [-0.25, -0.2) is 17.1 Å². The number of amides is 2. The SMILES string of the molecule is CC(C)N1C(=O)c2ccc(C(=O)N(C)[C@H](C)c3ccc(F)cc3)cc2S1(=O)=O. The molecule has 1 heterocycles. The van der Waals surface area contributed by atoms with E-state index in [0.717, 1.165) is 9.87 Å². The van der Waals surface area contributed by atoms with E-state index >= 15 is 0 Å². The zero-order chi connectivity index (χ0) is 20.8. The molecule has 0 unspecified atom stereocenters. The third-order valence-electron chi connectivity index (χ3n) is 4.92. The number of halogens is 1. The first kappa shape index (κ1) is 20.0. The molecule has 0 fully saturated rings. The maximum absolute atomic E-state index is 13.1. The second-order valence-electron chi connectivity index (χ2n) is 7.05. The predicted octanol–water partition coefficient (Wildman–Crippen LogP) is 3.21. The summed E-state index contributed by atoms with van der Waals surface area (Å²) in [6.45, 7) is 5.02. The second-order valence-corrected chi connectivity index (χ2v) is 8.84. The summed E-state index contributed by atoms with van der Waals surface area (Å²) in [4.78, 5) is 26.6. The molecule has 2 aromatic rings. The van der Waals surface area contributed by atoms with Crippen LogP contribution in [0.25, 0.3) is 0 Å². The molecular weight excluding hydrogens is 383 g/mol. The van der Waals surface area contributed by atoms with Gasteiger partial charge in [-0.3, -0.25) is 9.59 Å². The lowest BCUT2D eigenvalue weighted by Crippen LogP contribution is -2.36. The van der Waals surface area contributed by atoms with Crippen LogP contribution in [0.3, 0.4) is 0 Å². The predicted molar refractivity (Wildman–Crippen MR) is 102 cm³/mol. The molecule has 0 aromatic heterocycles. The molecule has 1 aliphatic rings. The van der Waals surface area contributed by atoms with Crippen molar-refractivity contribution >= 4 is 21.8 Å². The fourth-order valence-electron chi connectivity index (χ4n) is 3.24. The van der Waals surface area contributed by atoms with Crippen LogP contribution in [0.2, 0.25) is 0 Å². The highest BCUT2D eigenvalue weighted by Gasteiger charge is 2.43. The Kier molecular flexibility index (Phi) is 5.01.